The molecule has 1 aliphatic rings. The summed E-state index contributed by atoms with van der Waals surface area (Å²) in [6, 6.07) is 9.76. The van der Waals surface area contributed by atoms with Crippen molar-refractivity contribution in [3.63, 3.8) is 0 Å². The Kier molecular flexibility index (Phi) is 7.77. The molecule has 10 heteroatoms. The monoisotopic (exact) mass is 592 g/mol. The van der Waals surface area contributed by atoms with Crippen molar-refractivity contribution in [3.8, 4) is 28.6 Å². The van der Waals surface area contributed by atoms with Gasteiger partial charge < -0.3 is 19.5 Å². The van der Waals surface area contributed by atoms with Crippen LogP contribution in [0, 0.1) is 0 Å². The highest BCUT2D eigenvalue weighted by Gasteiger charge is 2.28. The number of nitrogens with zero attached hydrogens (tertiary/aromatic N) is 3. The Hall–Kier alpha value is -2.30. The highest BCUT2D eigenvalue weighted by atomic mass is 79.9. The zero-order valence-corrected chi connectivity index (χ0v) is 22.1. The number of anilines is 1. The third kappa shape index (κ3) is 5.28. The van der Waals surface area contributed by atoms with E-state index in [0.717, 1.165) is 31.5 Å². The van der Waals surface area contributed by atoms with Gasteiger partial charge in [0.1, 0.15) is 6.61 Å². The summed E-state index contributed by atoms with van der Waals surface area (Å²) in [5, 5.41) is 12.7. The Morgan fingerprint density at radius 2 is 2.03 bits per heavy atom. The fourth-order valence-corrected chi connectivity index (χ4v) is 4.74. The Balaban J connectivity index is 1.81. The van der Waals surface area contributed by atoms with Crippen LogP contribution in [0.4, 0.5) is 5.69 Å². The molecule has 0 aliphatic carbocycles. The van der Waals surface area contributed by atoms with Crippen LogP contribution in [0.3, 0.4) is 0 Å². The van der Waals surface area contributed by atoms with Gasteiger partial charge in [-0.1, -0.05) is 47.3 Å². The molecule has 4 rings (SSSR count). The van der Waals surface area contributed by atoms with E-state index in [2.05, 4.69) is 58.9 Å². The molecule has 0 saturated carbocycles. The molecule has 0 radical (unpaired) electrons. The average molecular weight is 594 g/mol. The summed E-state index contributed by atoms with van der Waals surface area (Å²) >= 11 is 8.68. The first-order valence-corrected chi connectivity index (χ1v) is 12.9. The standard InChI is InChI=1S/C23H22Br2N4O3S/c1-4-9-31-20-16(25)10-13(11-18(20)30-5-2)21-26-17-8-7-14(24)12-15(17)19-22(32-21)27-23(29-28-19)33-6-3/h4,7-8,10-12,21,26H,1,5-6,9H2,2-3H3. The van der Waals surface area contributed by atoms with Crippen molar-refractivity contribution in [2.75, 3.05) is 24.3 Å². The second-order valence-corrected chi connectivity index (χ2v) is 9.88. The number of hydrogen-bond acceptors (Lipinski definition) is 8. The molecule has 2 heterocycles. The van der Waals surface area contributed by atoms with E-state index >= 15 is 0 Å². The van der Waals surface area contributed by atoms with Crippen LogP contribution in [0.15, 0.2) is 57.1 Å². The molecule has 0 saturated heterocycles. The number of rotatable bonds is 8. The van der Waals surface area contributed by atoms with E-state index in [1.165, 1.54) is 11.8 Å². The smallest absolute Gasteiger partial charge is 0.247 e. The van der Waals surface area contributed by atoms with Crippen molar-refractivity contribution < 1.29 is 14.2 Å². The number of hydrogen-bond donors (Lipinski definition) is 1. The van der Waals surface area contributed by atoms with Gasteiger partial charge in [-0.15, -0.1) is 10.2 Å². The van der Waals surface area contributed by atoms with E-state index in [1.807, 2.05) is 44.2 Å². The minimum absolute atomic E-state index is 0.367. The number of aromatic nitrogens is 3. The van der Waals surface area contributed by atoms with Crippen LogP contribution in [0.2, 0.25) is 0 Å². The summed E-state index contributed by atoms with van der Waals surface area (Å²) in [4.78, 5) is 4.64. The summed E-state index contributed by atoms with van der Waals surface area (Å²) in [6.07, 6.45) is 1.14. The minimum Gasteiger partial charge on any atom is -0.490 e. The summed E-state index contributed by atoms with van der Waals surface area (Å²) in [7, 11) is 0. The number of halogens is 2. The predicted molar refractivity (Wildman–Crippen MR) is 137 cm³/mol. The lowest BCUT2D eigenvalue weighted by molar-refractivity contribution is 0.223. The van der Waals surface area contributed by atoms with Crippen molar-refractivity contribution >= 4 is 49.3 Å². The maximum atomic E-state index is 6.37. The largest absolute Gasteiger partial charge is 0.490 e. The molecule has 3 aromatic rings. The van der Waals surface area contributed by atoms with Crippen molar-refractivity contribution in [2.45, 2.75) is 25.2 Å². The minimum atomic E-state index is -0.550. The third-order valence-corrected chi connectivity index (χ3v) is 6.44. The molecule has 2 aromatic carbocycles. The van der Waals surface area contributed by atoms with Gasteiger partial charge in [0, 0.05) is 21.3 Å². The highest BCUT2D eigenvalue weighted by molar-refractivity contribution is 9.10. The molecule has 172 valence electrons. The Morgan fingerprint density at radius 1 is 1.18 bits per heavy atom. The van der Waals surface area contributed by atoms with E-state index < -0.39 is 6.23 Å². The van der Waals surface area contributed by atoms with Crippen LogP contribution in [0.25, 0.3) is 11.3 Å². The number of ether oxygens (including phenoxy) is 3. The lowest BCUT2D eigenvalue weighted by atomic mass is 10.1. The zero-order chi connectivity index (χ0) is 23.4. The molecule has 1 aliphatic heterocycles. The van der Waals surface area contributed by atoms with Crippen molar-refractivity contribution in [1.29, 1.82) is 0 Å². The molecule has 33 heavy (non-hydrogen) atoms. The van der Waals surface area contributed by atoms with Crippen LogP contribution < -0.4 is 19.5 Å². The van der Waals surface area contributed by atoms with Gasteiger partial charge in [0.2, 0.25) is 11.0 Å². The van der Waals surface area contributed by atoms with Gasteiger partial charge in [-0.05, 0) is 58.9 Å². The van der Waals surface area contributed by atoms with Crippen LogP contribution >= 0.6 is 43.6 Å². The molecule has 1 aromatic heterocycles. The van der Waals surface area contributed by atoms with Crippen LogP contribution in [-0.2, 0) is 0 Å². The molecule has 1 unspecified atom stereocenters. The maximum Gasteiger partial charge on any atom is 0.247 e. The first kappa shape index (κ1) is 23.8. The first-order valence-electron chi connectivity index (χ1n) is 10.3. The average Bonchev–Trinajstić information content (AvgIpc) is 2.95. The van der Waals surface area contributed by atoms with Gasteiger partial charge in [0.05, 0.1) is 11.1 Å². The van der Waals surface area contributed by atoms with Gasteiger partial charge in [-0.25, -0.2) is 0 Å². The molecule has 7 nitrogen and oxygen atoms in total. The summed E-state index contributed by atoms with van der Waals surface area (Å²) < 4.78 is 19.7. The fourth-order valence-electron chi connectivity index (χ4n) is 3.30. The molecule has 1 N–H and O–H groups in total. The number of nitrogens with one attached hydrogen (secondary N) is 1. The fraction of sp³-hybridized carbons (Fsp3) is 0.261. The Bertz CT molecular complexity index is 1180. The first-order chi connectivity index (χ1) is 16.0. The predicted octanol–water partition coefficient (Wildman–Crippen LogP) is 6.64. The van der Waals surface area contributed by atoms with Crippen molar-refractivity contribution in [3.05, 3.63) is 57.5 Å². The summed E-state index contributed by atoms with van der Waals surface area (Å²) in [5.74, 6) is 2.47. The van der Waals surface area contributed by atoms with Gasteiger partial charge in [-0.3, -0.25) is 0 Å². The van der Waals surface area contributed by atoms with E-state index in [4.69, 9.17) is 14.2 Å². The number of thioether (sulfide) groups is 1. The molecule has 0 bridgehead atoms. The Morgan fingerprint density at radius 3 is 2.79 bits per heavy atom. The van der Waals surface area contributed by atoms with E-state index in [-0.39, 0.29) is 0 Å². The van der Waals surface area contributed by atoms with Gasteiger partial charge in [0.15, 0.2) is 23.4 Å². The molecule has 0 spiro atoms. The normalized spacial score (nSPS) is 14.2. The van der Waals surface area contributed by atoms with Crippen LogP contribution in [0.5, 0.6) is 17.4 Å². The maximum absolute atomic E-state index is 6.37. The van der Waals surface area contributed by atoms with E-state index in [9.17, 15) is 0 Å². The van der Waals surface area contributed by atoms with Gasteiger partial charge in [-0.2, -0.15) is 4.98 Å². The molecular weight excluding hydrogens is 572 g/mol. The van der Waals surface area contributed by atoms with Gasteiger partial charge in [0.25, 0.3) is 0 Å². The number of fused-ring (bicyclic) bond motifs is 3. The molecular formula is C23H22Br2N4O3S. The SMILES string of the molecule is C=CCOc1c(Br)cc(C2Nc3ccc(Br)cc3-c3nnc(SCC)nc3O2)cc1OCC. The van der Waals surface area contributed by atoms with Crippen LogP contribution in [-0.4, -0.2) is 34.1 Å². The zero-order valence-electron chi connectivity index (χ0n) is 18.1. The van der Waals surface area contributed by atoms with Crippen molar-refractivity contribution in [2.24, 2.45) is 0 Å². The second-order valence-electron chi connectivity index (χ2n) is 6.88. The quantitative estimate of drug-likeness (QED) is 0.230. The van der Waals surface area contributed by atoms with Crippen LogP contribution in [0.1, 0.15) is 25.6 Å². The highest BCUT2D eigenvalue weighted by Crippen LogP contribution is 2.43. The lowest BCUT2D eigenvalue weighted by Crippen LogP contribution is -2.17. The molecule has 0 amide bonds. The third-order valence-electron chi connectivity index (χ3n) is 4.64. The van der Waals surface area contributed by atoms with Gasteiger partial charge >= 0.3 is 0 Å². The topological polar surface area (TPSA) is 78.4 Å². The Labute approximate surface area is 213 Å². The molecule has 0 fully saturated rings. The van der Waals surface area contributed by atoms with Crippen molar-refractivity contribution in [1.82, 2.24) is 15.2 Å². The van der Waals surface area contributed by atoms with E-state index in [1.54, 1.807) is 6.08 Å². The lowest BCUT2D eigenvalue weighted by Gasteiger charge is -2.22. The summed E-state index contributed by atoms with van der Waals surface area (Å²) in [5.41, 5.74) is 3.12. The summed E-state index contributed by atoms with van der Waals surface area (Å²) in [6.45, 7) is 8.55. The second kappa shape index (κ2) is 10.8. The molecule has 1 atom stereocenters. The number of benzene rings is 2. The van der Waals surface area contributed by atoms with E-state index in [0.29, 0.717) is 41.4 Å².